The fourth-order valence-corrected chi connectivity index (χ4v) is 3.23. The lowest BCUT2D eigenvalue weighted by Gasteiger charge is -2.17. The summed E-state index contributed by atoms with van der Waals surface area (Å²) in [5.41, 5.74) is 0.912. The van der Waals surface area contributed by atoms with E-state index in [1.54, 1.807) is 42.5 Å². The molecule has 4 rings (SSSR count). The van der Waals surface area contributed by atoms with Crippen LogP contribution in [0.3, 0.4) is 0 Å². The van der Waals surface area contributed by atoms with Crippen LogP contribution in [0, 0.1) is 5.92 Å². The first-order chi connectivity index (χ1) is 12.1. The predicted molar refractivity (Wildman–Crippen MR) is 89.4 cm³/mol. The smallest absolute Gasteiger partial charge is 0.346 e. The summed E-state index contributed by atoms with van der Waals surface area (Å²) in [6, 6.07) is 7.94. The van der Waals surface area contributed by atoms with E-state index in [1.807, 2.05) is 0 Å². The number of benzene rings is 2. The minimum atomic E-state index is -0.719. The van der Waals surface area contributed by atoms with Crippen LogP contribution in [0.15, 0.2) is 54.6 Å². The van der Waals surface area contributed by atoms with Crippen LogP contribution in [0.2, 0.25) is 0 Å². The zero-order valence-electron chi connectivity index (χ0n) is 13.0. The highest BCUT2D eigenvalue weighted by atomic mass is 16.6. The van der Waals surface area contributed by atoms with Crippen LogP contribution in [0.1, 0.15) is 37.5 Å². The van der Waals surface area contributed by atoms with Crippen molar-refractivity contribution in [3.05, 3.63) is 71.3 Å². The molecule has 1 unspecified atom stereocenters. The Morgan fingerprint density at radius 1 is 0.960 bits per heavy atom. The maximum absolute atomic E-state index is 12.8. The maximum Gasteiger partial charge on any atom is 0.346 e. The number of rotatable bonds is 3. The number of hydrogen-bond acceptors (Lipinski definition) is 5. The summed E-state index contributed by atoms with van der Waals surface area (Å²) in [5, 5.41) is 0.952. The molecule has 0 bridgehead atoms. The SMILES string of the molecule is O=C(CC1C=CC=CC1=O)c1ccc2c3c(cccc13)C(=O)OC2=O. The van der Waals surface area contributed by atoms with Crippen molar-refractivity contribution in [1.82, 2.24) is 0 Å². The van der Waals surface area contributed by atoms with Gasteiger partial charge in [0, 0.05) is 23.3 Å². The first kappa shape index (κ1) is 15.2. The van der Waals surface area contributed by atoms with Crippen LogP contribution in [-0.4, -0.2) is 23.5 Å². The van der Waals surface area contributed by atoms with Gasteiger partial charge in [-0.05, 0) is 29.7 Å². The number of carbonyl (C=O) groups is 4. The highest BCUT2D eigenvalue weighted by Gasteiger charge is 2.29. The molecule has 122 valence electrons. The topological polar surface area (TPSA) is 77.5 Å². The molecule has 0 fully saturated rings. The first-order valence-electron chi connectivity index (χ1n) is 7.80. The second kappa shape index (κ2) is 5.63. The Balaban J connectivity index is 1.81. The van der Waals surface area contributed by atoms with Gasteiger partial charge in [0.1, 0.15) is 0 Å². The molecule has 1 atom stereocenters. The van der Waals surface area contributed by atoms with Gasteiger partial charge in [-0.1, -0.05) is 30.4 Å². The van der Waals surface area contributed by atoms with E-state index in [0.717, 1.165) is 0 Å². The van der Waals surface area contributed by atoms with E-state index in [9.17, 15) is 19.2 Å². The Bertz CT molecular complexity index is 1010. The van der Waals surface area contributed by atoms with Crippen molar-refractivity contribution in [2.24, 2.45) is 5.92 Å². The summed E-state index contributed by atoms with van der Waals surface area (Å²) in [4.78, 5) is 48.5. The molecule has 1 heterocycles. The van der Waals surface area contributed by atoms with Crippen LogP contribution in [-0.2, 0) is 9.53 Å². The number of ether oxygens (including phenoxy) is 1. The highest BCUT2D eigenvalue weighted by Crippen LogP contribution is 2.32. The monoisotopic (exact) mass is 332 g/mol. The highest BCUT2D eigenvalue weighted by molar-refractivity contribution is 6.24. The fourth-order valence-electron chi connectivity index (χ4n) is 3.23. The molecule has 5 heteroatoms. The van der Waals surface area contributed by atoms with Gasteiger partial charge in [0.25, 0.3) is 0 Å². The van der Waals surface area contributed by atoms with Crippen LogP contribution < -0.4 is 0 Å². The summed E-state index contributed by atoms with van der Waals surface area (Å²) in [7, 11) is 0. The normalized spacial score (nSPS) is 18.6. The van der Waals surface area contributed by atoms with Crippen LogP contribution >= 0.6 is 0 Å². The van der Waals surface area contributed by atoms with Gasteiger partial charge in [0.05, 0.1) is 11.1 Å². The summed E-state index contributed by atoms with van der Waals surface area (Å²) in [6.07, 6.45) is 6.57. The van der Waals surface area contributed by atoms with Crippen LogP contribution in [0.5, 0.6) is 0 Å². The molecule has 2 aliphatic rings. The zero-order chi connectivity index (χ0) is 17.6. The van der Waals surface area contributed by atoms with Crippen molar-refractivity contribution in [2.75, 3.05) is 0 Å². The number of allylic oxidation sites excluding steroid dienone is 4. The molecule has 5 nitrogen and oxygen atoms in total. The molecular formula is C20H12O5. The molecule has 0 aromatic heterocycles. The molecule has 0 saturated carbocycles. The Morgan fingerprint density at radius 2 is 1.72 bits per heavy atom. The van der Waals surface area contributed by atoms with E-state index in [2.05, 4.69) is 0 Å². The number of carbonyl (C=O) groups excluding carboxylic acids is 4. The van der Waals surface area contributed by atoms with Crippen molar-refractivity contribution in [1.29, 1.82) is 0 Å². The molecule has 0 N–H and O–H groups in total. The Morgan fingerprint density at radius 3 is 2.48 bits per heavy atom. The number of Topliss-reactive ketones (excluding diaryl/α,β-unsaturated/α-hetero) is 1. The average Bonchev–Trinajstić information content (AvgIpc) is 2.61. The zero-order valence-corrected chi connectivity index (χ0v) is 13.0. The fraction of sp³-hybridized carbons (Fsp3) is 0.100. The van der Waals surface area contributed by atoms with Crippen molar-refractivity contribution < 1.29 is 23.9 Å². The lowest BCUT2D eigenvalue weighted by Crippen LogP contribution is -2.21. The number of ketones is 2. The summed E-state index contributed by atoms with van der Waals surface area (Å²) in [6.45, 7) is 0. The molecular weight excluding hydrogens is 320 g/mol. The second-order valence-electron chi connectivity index (χ2n) is 5.95. The van der Waals surface area contributed by atoms with Gasteiger partial charge in [0.15, 0.2) is 11.6 Å². The molecule has 1 aliphatic carbocycles. The van der Waals surface area contributed by atoms with E-state index in [0.29, 0.717) is 16.3 Å². The molecule has 2 aromatic rings. The molecule has 0 amide bonds. The van der Waals surface area contributed by atoms with Gasteiger partial charge in [-0.3, -0.25) is 9.59 Å². The van der Waals surface area contributed by atoms with E-state index in [4.69, 9.17) is 4.74 Å². The lowest BCUT2D eigenvalue weighted by molar-refractivity contribution is -0.117. The Labute approximate surface area is 142 Å². The number of esters is 2. The van der Waals surface area contributed by atoms with E-state index in [1.165, 1.54) is 12.1 Å². The van der Waals surface area contributed by atoms with Gasteiger partial charge >= 0.3 is 11.9 Å². The first-order valence-corrected chi connectivity index (χ1v) is 7.80. The van der Waals surface area contributed by atoms with Gasteiger partial charge in [-0.15, -0.1) is 0 Å². The molecule has 25 heavy (non-hydrogen) atoms. The summed E-state index contributed by atoms with van der Waals surface area (Å²) >= 11 is 0. The lowest BCUT2D eigenvalue weighted by atomic mass is 9.88. The number of cyclic esters (lactones) is 2. The van der Waals surface area contributed by atoms with E-state index < -0.39 is 17.9 Å². The van der Waals surface area contributed by atoms with Crippen LogP contribution in [0.4, 0.5) is 0 Å². The molecule has 2 aromatic carbocycles. The molecule has 0 spiro atoms. The predicted octanol–water partition coefficient (Wildman–Crippen LogP) is 3.03. The Kier molecular flexibility index (Phi) is 3.42. The molecule has 0 radical (unpaired) electrons. The largest absolute Gasteiger partial charge is 0.386 e. The summed E-state index contributed by atoms with van der Waals surface area (Å²) < 4.78 is 4.71. The second-order valence-corrected chi connectivity index (χ2v) is 5.95. The third-order valence-corrected chi connectivity index (χ3v) is 4.45. The Hall–Kier alpha value is -3.34. The average molecular weight is 332 g/mol. The summed E-state index contributed by atoms with van der Waals surface area (Å²) in [5.74, 6) is -2.26. The minimum absolute atomic E-state index is 0.0384. The van der Waals surface area contributed by atoms with Gasteiger partial charge in [-0.25, -0.2) is 9.59 Å². The molecule has 1 aliphatic heterocycles. The van der Waals surface area contributed by atoms with Gasteiger partial charge in [0.2, 0.25) is 0 Å². The standard InChI is InChI=1S/C20H12O5/c21-16-7-2-1-4-11(16)10-17(22)12-8-9-15-18-13(12)5-3-6-14(18)19(23)25-20(15)24/h1-9,11H,10H2. The molecule has 0 saturated heterocycles. The quantitative estimate of drug-likeness (QED) is 0.490. The third kappa shape index (κ3) is 2.41. The van der Waals surface area contributed by atoms with Gasteiger partial charge < -0.3 is 4.74 Å². The van der Waals surface area contributed by atoms with Crippen molar-refractivity contribution in [2.45, 2.75) is 6.42 Å². The van der Waals surface area contributed by atoms with Crippen molar-refractivity contribution in [3.63, 3.8) is 0 Å². The number of hydrogen-bond donors (Lipinski definition) is 0. The van der Waals surface area contributed by atoms with Gasteiger partial charge in [-0.2, -0.15) is 0 Å². The van der Waals surface area contributed by atoms with Crippen LogP contribution in [0.25, 0.3) is 10.8 Å². The van der Waals surface area contributed by atoms with E-state index >= 15 is 0 Å². The third-order valence-electron chi connectivity index (χ3n) is 4.45. The van der Waals surface area contributed by atoms with Crippen molar-refractivity contribution in [3.8, 4) is 0 Å². The van der Waals surface area contributed by atoms with Crippen molar-refractivity contribution >= 4 is 34.3 Å². The minimum Gasteiger partial charge on any atom is -0.386 e. The van der Waals surface area contributed by atoms with E-state index in [-0.39, 0.29) is 29.1 Å². The maximum atomic E-state index is 12.8.